The highest BCUT2D eigenvalue weighted by Crippen LogP contribution is 2.29. The van der Waals surface area contributed by atoms with Crippen molar-refractivity contribution >= 4 is 35.1 Å². The maximum absolute atomic E-state index is 12.3. The van der Waals surface area contributed by atoms with E-state index >= 15 is 0 Å². The highest BCUT2D eigenvalue weighted by atomic mass is 35.5. The number of anilines is 1. The van der Waals surface area contributed by atoms with Gasteiger partial charge in [-0.1, -0.05) is 41.7 Å². The first-order chi connectivity index (χ1) is 11.5. The number of nitrogens with one attached hydrogen (secondary N) is 1. The van der Waals surface area contributed by atoms with Crippen LogP contribution in [0.4, 0.5) is 5.69 Å². The second-order valence-electron chi connectivity index (χ2n) is 5.23. The van der Waals surface area contributed by atoms with Crippen LogP contribution in [0, 0.1) is 6.92 Å². The summed E-state index contributed by atoms with van der Waals surface area (Å²) in [6.07, 6.45) is 1.94. The van der Waals surface area contributed by atoms with Gasteiger partial charge in [0.15, 0.2) is 0 Å². The minimum absolute atomic E-state index is 0.0421. The predicted octanol–water partition coefficient (Wildman–Crippen LogP) is 4.06. The average Bonchev–Trinajstić information content (AvgIpc) is 2.61. The molecule has 0 aliphatic heterocycles. The van der Waals surface area contributed by atoms with E-state index in [1.54, 1.807) is 7.11 Å². The summed E-state index contributed by atoms with van der Waals surface area (Å²) in [6.45, 7) is 2.70. The smallest absolute Gasteiger partial charge is 0.240 e. The number of nitrogens with zero attached hydrogens (tertiary/aromatic N) is 1. The molecule has 1 amide bonds. The van der Waals surface area contributed by atoms with Crippen LogP contribution < -0.4 is 14.4 Å². The standard InChI is InChI=1S/C18H21ClN2O2S/c1-13-16(19)5-4-6-17(13)21(24-3)12-18(22)20-11-14-7-9-15(23-2)10-8-14/h4-10H,11-12H2,1-3H3,(H,20,22). The monoisotopic (exact) mass is 364 g/mol. The van der Waals surface area contributed by atoms with E-state index in [2.05, 4.69) is 5.32 Å². The number of carbonyl (C=O) groups is 1. The number of rotatable bonds is 7. The van der Waals surface area contributed by atoms with Crippen molar-refractivity contribution in [1.82, 2.24) is 5.32 Å². The van der Waals surface area contributed by atoms with Crippen molar-refractivity contribution in [3.8, 4) is 5.75 Å². The fraction of sp³-hybridized carbons (Fsp3) is 0.278. The Labute approximate surface area is 152 Å². The zero-order valence-corrected chi connectivity index (χ0v) is 15.6. The van der Waals surface area contributed by atoms with Crippen LogP contribution in [0.1, 0.15) is 11.1 Å². The summed E-state index contributed by atoms with van der Waals surface area (Å²) in [6, 6.07) is 13.3. The maximum Gasteiger partial charge on any atom is 0.240 e. The van der Waals surface area contributed by atoms with Gasteiger partial charge >= 0.3 is 0 Å². The Morgan fingerprint density at radius 1 is 1.25 bits per heavy atom. The summed E-state index contributed by atoms with van der Waals surface area (Å²) >= 11 is 7.67. The fourth-order valence-corrected chi connectivity index (χ4v) is 3.06. The minimum Gasteiger partial charge on any atom is -0.497 e. The van der Waals surface area contributed by atoms with Gasteiger partial charge in [-0.15, -0.1) is 0 Å². The first-order valence-corrected chi connectivity index (χ1v) is 9.07. The zero-order chi connectivity index (χ0) is 17.5. The quantitative estimate of drug-likeness (QED) is 0.752. The maximum atomic E-state index is 12.3. The number of amides is 1. The molecule has 0 fully saturated rings. The van der Waals surface area contributed by atoms with Crippen LogP contribution in [0.3, 0.4) is 0 Å². The van der Waals surface area contributed by atoms with Crippen LogP contribution in [0.25, 0.3) is 0 Å². The van der Waals surface area contributed by atoms with Gasteiger partial charge in [0.2, 0.25) is 5.91 Å². The molecule has 0 spiro atoms. The van der Waals surface area contributed by atoms with E-state index in [0.717, 1.165) is 22.6 Å². The molecule has 1 N–H and O–H groups in total. The van der Waals surface area contributed by atoms with Crippen LogP contribution in [-0.2, 0) is 11.3 Å². The zero-order valence-electron chi connectivity index (χ0n) is 14.0. The molecular weight excluding hydrogens is 344 g/mol. The lowest BCUT2D eigenvalue weighted by Gasteiger charge is -2.23. The summed E-state index contributed by atoms with van der Waals surface area (Å²) in [4.78, 5) is 12.3. The highest BCUT2D eigenvalue weighted by Gasteiger charge is 2.14. The van der Waals surface area contributed by atoms with E-state index in [4.69, 9.17) is 16.3 Å². The van der Waals surface area contributed by atoms with Crippen LogP contribution in [0.2, 0.25) is 5.02 Å². The second kappa shape index (κ2) is 8.85. The van der Waals surface area contributed by atoms with Gasteiger partial charge in [0, 0.05) is 17.8 Å². The molecule has 0 bridgehead atoms. The molecule has 0 saturated heterocycles. The average molecular weight is 365 g/mol. The van der Waals surface area contributed by atoms with E-state index in [9.17, 15) is 4.79 Å². The predicted molar refractivity (Wildman–Crippen MR) is 102 cm³/mol. The van der Waals surface area contributed by atoms with E-state index in [1.807, 2.05) is 59.9 Å². The van der Waals surface area contributed by atoms with Crippen molar-refractivity contribution < 1.29 is 9.53 Å². The molecule has 0 aliphatic rings. The summed E-state index contributed by atoms with van der Waals surface area (Å²) in [5.41, 5.74) is 2.95. The van der Waals surface area contributed by atoms with Crippen molar-refractivity contribution in [2.75, 3.05) is 24.2 Å². The molecule has 128 valence electrons. The third kappa shape index (κ3) is 4.82. The fourth-order valence-electron chi connectivity index (χ4n) is 2.24. The van der Waals surface area contributed by atoms with Crippen LogP contribution >= 0.6 is 23.5 Å². The molecule has 24 heavy (non-hydrogen) atoms. The molecule has 2 aromatic carbocycles. The Hall–Kier alpha value is -1.85. The lowest BCUT2D eigenvalue weighted by atomic mass is 10.2. The van der Waals surface area contributed by atoms with E-state index in [0.29, 0.717) is 11.6 Å². The number of halogens is 1. The summed E-state index contributed by atoms with van der Waals surface area (Å²) in [5.74, 6) is 0.759. The Kier molecular flexibility index (Phi) is 6.82. The van der Waals surface area contributed by atoms with E-state index in [1.165, 1.54) is 11.9 Å². The van der Waals surface area contributed by atoms with Gasteiger partial charge in [0.05, 0.1) is 12.8 Å². The number of hydrogen-bond donors (Lipinski definition) is 1. The number of hydrogen-bond acceptors (Lipinski definition) is 4. The Morgan fingerprint density at radius 2 is 1.96 bits per heavy atom. The van der Waals surface area contributed by atoms with Crippen LogP contribution in [0.5, 0.6) is 5.75 Å². The van der Waals surface area contributed by atoms with E-state index in [-0.39, 0.29) is 12.5 Å². The number of ether oxygens (including phenoxy) is 1. The molecule has 4 nitrogen and oxygen atoms in total. The van der Waals surface area contributed by atoms with Gasteiger partial charge in [-0.3, -0.25) is 4.79 Å². The number of methoxy groups -OCH3 is 1. The molecule has 0 atom stereocenters. The highest BCUT2D eigenvalue weighted by molar-refractivity contribution is 8.00. The Bertz CT molecular complexity index is 692. The minimum atomic E-state index is -0.0421. The second-order valence-corrected chi connectivity index (χ2v) is 6.44. The van der Waals surface area contributed by atoms with Crippen LogP contribution in [-0.4, -0.2) is 25.8 Å². The van der Waals surface area contributed by atoms with Gasteiger partial charge in [-0.2, -0.15) is 0 Å². The molecule has 0 radical (unpaired) electrons. The molecule has 2 rings (SSSR count). The summed E-state index contributed by atoms with van der Waals surface area (Å²) < 4.78 is 7.06. The summed E-state index contributed by atoms with van der Waals surface area (Å²) in [5, 5.41) is 3.64. The van der Waals surface area contributed by atoms with Crippen molar-refractivity contribution in [3.63, 3.8) is 0 Å². The largest absolute Gasteiger partial charge is 0.497 e. The SMILES string of the molecule is COc1ccc(CNC(=O)CN(SC)c2cccc(Cl)c2C)cc1. The van der Waals surface area contributed by atoms with Gasteiger partial charge < -0.3 is 14.4 Å². The normalized spacial score (nSPS) is 10.3. The van der Waals surface area contributed by atoms with Crippen LogP contribution in [0.15, 0.2) is 42.5 Å². The van der Waals surface area contributed by atoms with E-state index < -0.39 is 0 Å². The molecule has 0 heterocycles. The molecule has 0 saturated carbocycles. The van der Waals surface area contributed by atoms with Crippen molar-refractivity contribution in [1.29, 1.82) is 0 Å². The number of benzene rings is 2. The van der Waals surface area contributed by atoms with Gasteiger partial charge in [0.1, 0.15) is 12.3 Å². The van der Waals surface area contributed by atoms with Crippen molar-refractivity contribution in [2.45, 2.75) is 13.5 Å². The van der Waals surface area contributed by atoms with Gasteiger partial charge in [-0.05, 0) is 42.3 Å². The lowest BCUT2D eigenvalue weighted by molar-refractivity contribution is -0.119. The topological polar surface area (TPSA) is 41.6 Å². The Balaban J connectivity index is 1.95. The first kappa shape index (κ1) is 18.5. The molecule has 6 heteroatoms. The summed E-state index contributed by atoms with van der Waals surface area (Å²) in [7, 11) is 1.63. The molecular formula is C18H21ClN2O2S. The third-order valence-electron chi connectivity index (χ3n) is 3.66. The third-order valence-corrected chi connectivity index (χ3v) is 4.84. The molecule has 0 aliphatic carbocycles. The Morgan fingerprint density at radius 3 is 2.58 bits per heavy atom. The number of carbonyl (C=O) groups excluding carboxylic acids is 1. The van der Waals surface area contributed by atoms with Crippen molar-refractivity contribution in [2.24, 2.45) is 0 Å². The first-order valence-electron chi connectivity index (χ1n) is 7.51. The van der Waals surface area contributed by atoms with Gasteiger partial charge in [0.25, 0.3) is 0 Å². The molecule has 2 aromatic rings. The molecule has 0 aromatic heterocycles. The van der Waals surface area contributed by atoms with Gasteiger partial charge in [-0.25, -0.2) is 0 Å². The van der Waals surface area contributed by atoms with Crippen molar-refractivity contribution in [3.05, 3.63) is 58.6 Å². The lowest BCUT2D eigenvalue weighted by Crippen LogP contribution is -2.33. The molecule has 0 unspecified atom stereocenters.